The monoisotopic (exact) mass is 213 g/mol. The first-order valence-electron chi connectivity index (χ1n) is 6.18. The van der Waals surface area contributed by atoms with E-state index in [1.807, 2.05) is 0 Å². The maximum Gasteiger partial charge on any atom is 0.0515 e. The Balaban J connectivity index is 2.39. The van der Waals surface area contributed by atoms with E-state index in [2.05, 4.69) is 49.7 Å². The molecule has 0 N–H and O–H groups in total. The van der Waals surface area contributed by atoms with Gasteiger partial charge in [-0.1, -0.05) is 39.0 Å². The van der Waals surface area contributed by atoms with E-state index < -0.39 is 0 Å². The van der Waals surface area contributed by atoms with Crippen molar-refractivity contribution in [3.63, 3.8) is 0 Å². The highest BCUT2D eigenvalue weighted by atomic mass is 15.0. The molecule has 0 amide bonds. The Morgan fingerprint density at radius 1 is 1.19 bits per heavy atom. The number of aromatic nitrogens is 1. The van der Waals surface area contributed by atoms with Crippen LogP contribution in [0.3, 0.4) is 0 Å². The van der Waals surface area contributed by atoms with Crippen LogP contribution in [0.1, 0.15) is 38.3 Å². The third kappa shape index (κ3) is 1.31. The quantitative estimate of drug-likeness (QED) is 0.625. The predicted octanol–water partition coefficient (Wildman–Crippen LogP) is 3.89. The molecular formula is C15H19N. The molecule has 0 saturated heterocycles. The summed E-state index contributed by atoms with van der Waals surface area (Å²) in [6, 6.07) is 6.77. The summed E-state index contributed by atoms with van der Waals surface area (Å²) >= 11 is 0. The highest BCUT2D eigenvalue weighted by Gasteiger charge is 2.22. The van der Waals surface area contributed by atoms with Gasteiger partial charge in [0.2, 0.25) is 0 Å². The first-order chi connectivity index (χ1) is 7.57. The maximum absolute atomic E-state index is 2.45. The smallest absolute Gasteiger partial charge is 0.0515 e. The number of benzene rings is 1. The molecule has 0 radical (unpaired) electrons. The van der Waals surface area contributed by atoms with Gasteiger partial charge in [-0.15, -0.1) is 0 Å². The van der Waals surface area contributed by atoms with E-state index in [9.17, 15) is 0 Å². The van der Waals surface area contributed by atoms with Gasteiger partial charge >= 0.3 is 0 Å². The number of aryl methyl sites for hydroxylation is 2. The highest BCUT2D eigenvalue weighted by Crippen LogP contribution is 2.35. The first-order valence-corrected chi connectivity index (χ1v) is 6.18. The van der Waals surface area contributed by atoms with Crippen molar-refractivity contribution in [1.29, 1.82) is 0 Å². The minimum atomic E-state index is 0.243. The predicted molar refractivity (Wildman–Crippen MR) is 69.0 cm³/mol. The summed E-state index contributed by atoms with van der Waals surface area (Å²) in [5.41, 5.74) is 4.75. The summed E-state index contributed by atoms with van der Waals surface area (Å²) in [6.07, 6.45) is 4.89. The van der Waals surface area contributed by atoms with Crippen molar-refractivity contribution in [3.8, 4) is 0 Å². The number of rotatable bonds is 0. The molecule has 1 nitrogen and oxygen atoms in total. The summed E-state index contributed by atoms with van der Waals surface area (Å²) in [7, 11) is 0. The zero-order chi connectivity index (χ0) is 11.3. The summed E-state index contributed by atoms with van der Waals surface area (Å²) in [4.78, 5) is 0. The van der Waals surface area contributed by atoms with Gasteiger partial charge in [0.25, 0.3) is 0 Å². The zero-order valence-corrected chi connectivity index (χ0v) is 10.4. The lowest BCUT2D eigenvalue weighted by Crippen LogP contribution is -2.10. The Morgan fingerprint density at radius 2 is 2.00 bits per heavy atom. The average molecular weight is 213 g/mol. The van der Waals surface area contributed by atoms with Crippen molar-refractivity contribution in [2.75, 3.05) is 0 Å². The number of para-hydroxylation sites is 1. The van der Waals surface area contributed by atoms with Gasteiger partial charge in [-0.05, 0) is 29.4 Å². The van der Waals surface area contributed by atoms with E-state index in [1.165, 1.54) is 41.4 Å². The third-order valence-corrected chi connectivity index (χ3v) is 3.64. The fraction of sp³-hybridized carbons (Fsp3) is 0.467. The van der Waals surface area contributed by atoms with Crippen molar-refractivity contribution in [2.45, 2.75) is 45.6 Å². The van der Waals surface area contributed by atoms with E-state index >= 15 is 0 Å². The second-order valence-electron chi connectivity index (χ2n) is 5.90. The van der Waals surface area contributed by atoms with Gasteiger partial charge in [0.15, 0.2) is 0 Å². The molecule has 16 heavy (non-hydrogen) atoms. The molecule has 84 valence electrons. The van der Waals surface area contributed by atoms with Gasteiger partial charge in [-0.2, -0.15) is 0 Å². The summed E-state index contributed by atoms with van der Waals surface area (Å²) in [6.45, 7) is 8.09. The van der Waals surface area contributed by atoms with Crippen LogP contribution in [-0.4, -0.2) is 4.57 Å². The van der Waals surface area contributed by atoms with E-state index in [-0.39, 0.29) is 5.41 Å². The lowest BCUT2D eigenvalue weighted by molar-refractivity contribution is 0.584. The van der Waals surface area contributed by atoms with Crippen LogP contribution < -0.4 is 0 Å². The van der Waals surface area contributed by atoms with Crippen LogP contribution in [0.2, 0.25) is 0 Å². The molecule has 0 fully saturated rings. The highest BCUT2D eigenvalue weighted by molar-refractivity contribution is 5.88. The molecule has 0 spiro atoms. The van der Waals surface area contributed by atoms with Gasteiger partial charge in [0.1, 0.15) is 0 Å². The molecule has 0 unspecified atom stereocenters. The second-order valence-corrected chi connectivity index (χ2v) is 5.90. The zero-order valence-electron chi connectivity index (χ0n) is 10.4. The first kappa shape index (κ1) is 9.95. The third-order valence-electron chi connectivity index (χ3n) is 3.64. The van der Waals surface area contributed by atoms with Crippen LogP contribution in [0.15, 0.2) is 24.4 Å². The van der Waals surface area contributed by atoms with Gasteiger partial charge in [0.05, 0.1) is 5.52 Å². The maximum atomic E-state index is 2.45. The topological polar surface area (TPSA) is 4.93 Å². The summed E-state index contributed by atoms with van der Waals surface area (Å²) in [5, 5.41) is 1.46. The number of nitrogens with zero attached hydrogens (tertiary/aromatic N) is 1. The van der Waals surface area contributed by atoms with Gasteiger partial charge in [-0.3, -0.25) is 0 Å². The normalized spacial score (nSPS) is 15.7. The minimum absolute atomic E-state index is 0.243. The van der Waals surface area contributed by atoms with E-state index in [1.54, 1.807) is 0 Å². The molecule has 2 aromatic rings. The van der Waals surface area contributed by atoms with Crippen molar-refractivity contribution in [2.24, 2.45) is 0 Å². The largest absolute Gasteiger partial charge is 0.347 e. The Hall–Kier alpha value is -1.24. The number of hydrogen-bond donors (Lipinski definition) is 0. The molecule has 1 aromatic carbocycles. The molecule has 1 heteroatoms. The van der Waals surface area contributed by atoms with Crippen LogP contribution in [-0.2, 0) is 18.4 Å². The molecule has 1 aliphatic rings. The van der Waals surface area contributed by atoms with Crippen LogP contribution in [0.25, 0.3) is 10.9 Å². The lowest BCUT2D eigenvalue weighted by atomic mass is 9.86. The van der Waals surface area contributed by atoms with Crippen LogP contribution in [0.4, 0.5) is 0 Å². The minimum Gasteiger partial charge on any atom is -0.347 e. The van der Waals surface area contributed by atoms with E-state index in [0.29, 0.717) is 0 Å². The number of hydrogen-bond acceptors (Lipinski definition) is 0. The van der Waals surface area contributed by atoms with Crippen LogP contribution >= 0.6 is 0 Å². The van der Waals surface area contributed by atoms with Crippen molar-refractivity contribution in [3.05, 3.63) is 35.5 Å². The van der Waals surface area contributed by atoms with Crippen molar-refractivity contribution in [1.82, 2.24) is 4.57 Å². The Morgan fingerprint density at radius 3 is 2.75 bits per heavy atom. The standard InChI is InChI=1S/C15H19N/c1-15(2,3)13-10-16-9-5-7-11-6-4-8-12(13)14(11)16/h4,6,8,10H,5,7,9H2,1-3H3. The molecular weight excluding hydrogens is 194 g/mol. The fourth-order valence-corrected chi connectivity index (χ4v) is 2.85. The van der Waals surface area contributed by atoms with Gasteiger partial charge in [0, 0.05) is 18.1 Å². The fourth-order valence-electron chi connectivity index (χ4n) is 2.85. The van der Waals surface area contributed by atoms with Crippen molar-refractivity contribution >= 4 is 10.9 Å². The lowest BCUT2D eigenvalue weighted by Gasteiger charge is -2.17. The Bertz CT molecular complexity index is 540. The molecule has 0 atom stereocenters. The Labute approximate surface area is 97.1 Å². The average Bonchev–Trinajstić information content (AvgIpc) is 2.60. The second kappa shape index (κ2) is 3.13. The molecule has 0 aliphatic carbocycles. The van der Waals surface area contributed by atoms with E-state index in [4.69, 9.17) is 0 Å². The molecule has 0 bridgehead atoms. The molecule has 0 saturated carbocycles. The van der Waals surface area contributed by atoms with Gasteiger partial charge < -0.3 is 4.57 Å². The van der Waals surface area contributed by atoms with Gasteiger partial charge in [-0.25, -0.2) is 0 Å². The molecule has 2 heterocycles. The van der Waals surface area contributed by atoms with Crippen LogP contribution in [0.5, 0.6) is 0 Å². The summed E-state index contributed by atoms with van der Waals surface area (Å²) in [5.74, 6) is 0. The molecule has 1 aromatic heterocycles. The molecule has 3 rings (SSSR count). The molecule has 1 aliphatic heterocycles. The summed E-state index contributed by atoms with van der Waals surface area (Å²) < 4.78 is 2.45. The Kier molecular flexibility index (Phi) is 1.95. The van der Waals surface area contributed by atoms with Crippen molar-refractivity contribution < 1.29 is 0 Å². The SMILES string of the molecule is CC(C)(C)c1cn2c3c(cccc13)CCC2. The van der Waals surface area contributed by atoms with E-state index in [0.717, 1.165) is 0 Å². The van der Waals surface area contributed by atoms with Crippen LogP contribution in [0, 0.1) is 0 Å².